The fourth-order valence-corrected chi connectivity index (χ4v) is 2.90. The lowest BCUT2D eigenvalue weighted by Gasteiger charge is -2.39. The van der Waals surface area contributed by atoms with Gasteiger partial charge in [-0.05, 0) is 32.1 Å². The van der Waals surface area contributed by atoms with E-state index in [1.807, 2.05) is 0 Å². The second-order valence-corrected chi connectivity index (χ2v) is 6.06. The van der Waals surface area contributed by atoms with Gasteiger partial charge in [0.2, 0.25) is 0 Å². The van der Waals surface area contributed by atoms with Crippen LogP contribution in [-0.4, -0.2) is 37.3 Å². The van der Waals surface area contributed by atoms with Crippen molar-refractivity contribution in [3.63, 3.8) is 0 Å². The minimum absolute atomic E-state index is 0.108. The summed E-state index contributed by atoms with van der Waals surface area (Å²) in [5.41, 5.74) is 0. The fraction of sp³-hybridized carbons (Fsp3) is 1.00. The molecule has 0 aliphatic heterocycles. The van der Waals surface area contributed by atoms with Crippen LogP contribution in [0.25, 0.3) is 0 Å². The number of nitrogens with zero attached hydrogens (tertiary/aromatic N) is 1. The second kappa shape index (κ2) is 12.9. The predicted octanol–water partition coefficient (Wildman–Crippen LogP) is 3.73. The van der Waals surface area contributed by atoms with Gasteiger partial charge in [-0.3, -0.25) is 0 Å². The summed E-state index contributed by atoms with van der Waals surface area (Å²) in [6, 6.07) is 0. The monoisotopic (exact) mass is 271 g/mol. The SMILES string of the molecule is CCCCC[N+](CCCC)(CCCC)CCCC[O-]. The van der Waals surface area contributed by atoms with Gasteiger partial charge in [-0.2, -0.15) is 0 Å². The van der Waals surface area contributed by atoms with E-state index >= 15 is 0 Å². The van der Waals surface area contributed by atoms with E-state index in [2.05, 4.69) is 20.8 Å². The second-order valence-electron chi connectivity index (χ2n) is 6.06. The summed E-state index contributed by atoms with van der Waals surface area (Å²) in [5, 5.41) is 10.7. The third-order valence-electron chi connectivity index (χ3n) is 4.23. The lowest BCUT2D eigenvalue weighted by molar-refractivity contribution is -0.929. The molecule has 19 heavy (non-hydrogen) atoms. The highest BCUT2D eigenvalue weighted by atomic mass is 16.2. The quantitative estimate of drug-likeness (QED) is 0.349. The summed E-state index contributed by atoms with van der Waals surface area (Å²) in [7, 11) is 0. The van der Waals surface area contributed by atoms with Gasteiger partial charge in [0.15, 0.2) is 0 Å². The summed E-state index contributed by atoms with van der Waals surface area (Å²) in [5.74, 6) is 0. The molecule has 0 heterocycles. The summed E-state index contributed by atoms with van der Waals surface area (Å²) >= 11 is 0. The lowest BCUT2D eigenvalue weighted by Crippen LogP contribution is -2.50. The zero-order chi connectivity index (χ0) is 14.4. The molecule has 2 heteroatoms. The van der Waals surface area contributed by atoms with Crippen LogP contribution < -0.4 is 5.11 Å². The first-order chi connectivity index (χ1) is 9.24. The molecule has 0 saturated carbocycles. The Morgan fingerprint density at radius 3 is 1.42 bits per heavy atom. The Labute approximate surface area is 121 Å². The van der Waals surface area contributed by atoms with Gasteiger partial charge < -0.3 is 9.59 Å². The normalized spacial score (nSPS) is 12.0. The molecule has 0 radical (unpaired) electrons. The number of hydrogen-bond acceptors (Lipinski definition) is 1. The first-order valence-electron chi connectivity index (χ1n) is 8.67. The minimum Gasteiger partial charge on any atom is -0.854 e. The number of quaternary nitrogens is 1. The highest BCUT2D eigenvalue weighted by Gasteiger charge is 2.24. The zero-order valence-corrected chi connectivity index (χ0v) is 13.8. The van der Waals surface area contributed by atoms with E-state index in [9.17, 15) is 5.11 Å². The van der Waals surface area contributed by atoms with E-state index in [1.54, 1.807) is 0 Å². The van der Waals surface area contributed by atoms with Gasteiger partial charge in [0.1, 0.15) is 0 Å². The molecule has 116 valence electrons. The van der Waals surface area contributed by atoms with Crippen molar-refractivity contribution in [1.82, 2.24) is 0 Å². The van der Waals surface area contributed by atoms with Crippen molar-refractivity contribution in [2.24, 2.45) is 0 Å². The molecule has 0 rings (SSSR count). The molecule has 0 aliphatic rings. The van der Waals surface area contributed by atoms with Crippen LogP contribution in [0.2, 0.25) is 0 Å². The van der Waals surface area contributed by atoms with Crippen molar-refractivity contribution in [1.29, 1.82) is 0 Å². The molecule has 0 aliphatic carbocycles. The maximum absolute atomic E-state index is 10.7. The molecule has 0 spiro atoms. The van der Waals surface area contributed by atoms with Crippen LogP contribution >= 0.6 is 0 Å². The number of hydrogen-bond donors (Lipinski definition) is 0. The molecule has 0 fully saturated rings. The van der Waals surface area contributed by atoms with Crippen LogP contribution in [0.15, 0.2) is 0 Å². The van der Waals surface area contributed by atoms with E-state index in [4.69, 9.17) is 0 Å². The summed E-state index contributed by atoms with van der Waals surface area (Å²) in [6.07, 6.45) is 11.3. The van der Waals surface area contributed by atoms with Crippen LogP contribution in [0.1, 0.15) is 78.6 Å². The van der Waals surface area contributed by atoms with Gasteiger partial charge >= 0.3 is 0 Å². The third-order valence-corrected chi connectivity index (χ3v) is 4.23. The molecule has 2 nitrogen and oxygen atoms in total. The molecular weight excluding hydrogens is 234 g/mol. The van der Waals surface area contributed by atoms with Crippen LogP contribution in [0.4, 0.5) is 0 Å². The molecule has 0 saturated heterocycles. The molecule has 0 aromatic rings. The number of unbranched alkanes of at least 4 members (excludes halogenated alkanes) is 5. The smallest absolute Gasteiger partial charge is 0.0786 e. The Hall–Kier alpha value is -0.0800. The third kappa shape index (κ3) is 9.45. The maximum atomic E-state index is 10.7. The van der Waals surface area contributed by atoms with Gasteiger partial charge in [-0.25, -0.2) is 0 Å². The average molecular weight is 271 g/mol. The van der Waals surface area contributed by atoms with E-state index in [-0.39, 0.29) is 6.61 Å². The van der Waals surface area contributed by atoms with Crippen molar-refractivity contribution >= 4 is 0 Å². The van der Waals surface area contributed by atoms with Gasteiger partial charge in [0.05, 0.1) is 26.2 Å². The molecule has 0 atom stereocenters. The molecular formula is C17H37NO. The molecule has 0 amide bonds. The first kappa shape index (κ1) is 18.9. The first-order valence-corrected chi connectivity index (χ1v) is 8.67. The van der Waals surface area contributed by atoms with Gasteiger partial charge in [-0.1, -0.05) is 46.5 Å². The number of rotatable bonds is 14. The van der Waals surface area contributed by atoms with Gasteiger partial charge in [-0.15, -0.1) is 6.61 Å². The van der Waals surface area contributed by atoms with Crippen LogP contribution in [0.5, 0.6) is 0 Å². The lowest BCUT2D eigenvalue weighted by atomic mass is 10.1. The fourth-order valence-electron chi connectivity index (χ4n) is 2.90. The minimum atomic E-state index is 0.108. The van der Waals surface area contributed by atoms with Gasteiger partial charge in [0.25, 0.3) is 0 Å². The highest BCUT2D eigenvalue weighted by molar-refractivity contribution is 4.50. The Morgan fingerprint density at radius 1 is 0.579 bits per heavy atom. The summed E-state index contributed by atoms with van der Waals surface area (Å²) < 4.78 is 1.29. The summed E-state index contributed by atoms with van der Waals surface area (Å²) in [6.45, 7) is 12.2. The van der Waals surface area contributed by atoms with Crippen LogP contribution in [0.3, 0.4) is 0 Å². The molecule has 0 N–H and O–H groups in total. The predicted molar refractivity (Wildman–Crippen MR) is 83.2 cm³/mol. The van der Waals surface area contributed by atoms with Crippen molar-refractivity contribution in [3.8, 4) is 0 Å². The van der Waals surface area contributed by atoms with E-state index in [0.717, 1.165) is 12.8 Å². The van der Waals surface area contributed by atoms with Crippen LogP contribution in [-0.2, 0) is 0 Å². The Morgan fingerprint density at radius 2 is 1.00 bits per heavy atom. The van der Waals surface area contributed by atoms with Crippen molar-refractivity contribution in [2.75, 3.05) is 32.8 Å². The molecule has 0 aromatic carbocycles. The van der Waals surface area contributed by atoms with Crippen molar-refractivity contribution in [3.05, 3.63) is 0 Å². The van der Waals surface area contributed by atoms with Crippen molar-refractivity contribution < 1.29 is 9.59 Å². The molecule has 0 unspecified atom stereocenters. The topological polar surface area (TPSA) is 23.1 Å². The molecule has 0 bridgehead atoms. The Balaban J connectivity index is 4.44. The van der Waals surface area contributed by atoms with E-state index in [0.29, 0.717) is 0 Å². The standard InChI is InChI=1S/C17H37NO/c1-4-7-10-15-18(13-8-5-2,14-9-6-3)16-11-12-17-19/h4-17H2,1-3H3. The largest absolute Gasteiger partial charge is 0.854 e. The van der Waals surface area contributed by atoms with E-state index in [1.165, 1.54) is 75.6 Å². The average Bonchev–Trinajstić information content (AvgIpc) is 2.43. The highest BCUT2D eigenvalue weighted by Crippen LogP contribution is 2.16. The van der Waals surface area contributed by atoms with E-state index < -0.39 is 0 Å². The zero-order valence-electron chi connectivity index (χ0n) is 13.8. The van der Waals surface area contributed by atoms with Crippen LogP contribution in [0, 0.1) is 0 Å². The summed E-state index contributed by atoms with van der Waals surface area (Å²) in [4.78, 5) is 0. The Kier molecular flexibility index (Phi) is 12.9. The Bertz CT molecular complexity index is 162. The molecule has 0 aromatic heterocycles. The maximum Gasteiger partial charge on any atom is 0.0786 e. The van der Waals surface area contributed by atoms with Gasteiger partial charge in [0, 0.05) is 0 Å². The van der Waals surface area contributed by atoms with Crippen molar-refractivity contribution in [2.45, 2.75) is 78.6 Å².